The maximum absolute atomic E-state index is 12.7. The lowest BCUT2D eigenvalue weighted by Crippen LogP contribution is -2.44. The predicted molar refractivity (Wildman–Crippen MR) is 179 cm³/mol. The van der Waals surface area contributed by atoms with E-state index in [1.807, 2.05) is 0 Å². The molecule has 17 heteroatoms. The van der Waals surface area contributed by atoms with Gasteiger partial charge in [0.2, 0.25) is 24.1 Å². The van der Waals surface area contributed by atoms with Crippen LogP contribution in [0.4, 0.5) is 5.69 Å². The number of anilines is 1. The first-order chi connectivity index (χ1) is 23.9. The third-order valence-electron chi connectivity index (χ3n) is 6.42. The van der Waals surface area contributed by atoms with Gasteiger partial charge in [-0.2, -0.15) is 0 Å². The van der Waals surface area contributed by atoms with Gasteiger partial charge in [-0.05, 0) is 31.7 Å². The Morgan fingerprint density at radius 3 is 1.53 bits per heavy atom. The molecule has 1 aromatic carbocycles. The molecule has 0 fully saturated rings. The molecule has 0 spiro atoms. The Hall–Kier alpha value is -3.26. The van der Waals surface area contributed by atoms with Crippen LogP contribution in [0.3, 0.4) is 0 Å². The molecule has 4 amide bonds. The molecular formula is C32H55N5O12. The minimum atomic E-state index is -0.748. The van der Waals surface area contributed by atoms with Crippen LogP contribution in [0.15, 0.2) is 24.3 Å². The standard InChI is InChI=1S/C32H55N5O12/c1-26(36-25-38)31(40)35-24-29(39)37-28-6-4-27(5-7-28)30(33-2)32(41)34-8-9-43-12-13-45-16-17-47-20-21-49-23-22-48-19-18-46-15-14-44-11-10-42-3/h4-7,25-26,30,33H,8-24H2,1-3H3,(H,34,41)(H,35,40)(H,36,38)(H,37,39). The van der Waals surface area contributed by atoms with Crippen LogP contribution >= 0.6 is 0 Å². The van der Waals surface area contributed by atoms with Gasteiger partial charge < -0.3 is 64.5 Å². The molecule has 2 unspecified atom stereocenters. The zero-order valence-corrected chi connectivity index (χ0v) is 29.0. The first kappa shape index (κ1) is 43.8. The van der Waals surface area contributed by atoms with Crippen LogP contribution < -0.4 is 26.6 Å². The lowest BCUT2D eigenvalue weighted by atomic mass is 10.1. The summed E-state index contributed by atoms with van der Waals surface area (Å²) in [5.74, 6) is -1.14. The van der Waals surface area contributed by atoms with Crippen LogP contribution in [0.25, 0.3) is 0 Å². The maximum atomic E-state index is 12.7. The lowest BCUT2D eigenvalue weighted by molar-refractivity contribution is -0.126. The highest BCUT2D eigenvalue weighted by atomic mass is 16.6. The zero-order chi connectivity index (χ0) is 35.8. The number of hydrogen-bond acceptors (Lipinski definition) is 13. The van der Waals surface area contributed by atoms with Crippen LogP contribution in [0, 0.1) is 0 Å². The fraction of sp³-hybridized carbons (Fsp3) is 0.688. The Labute approximate surface area is 288 Å². The second kappa shape index (κ2) is 30.8. The average Bonchev–Trinajstić information content (AvgIpc) is 3.10. The molecule has 0 heterocycles. The molecular weight excluding hydrogens is 646 g/mol. The summed E-state index contributed by atoms with van der Waals surface area (Å²) in [6.07, 6.45) is 0.415. The second-order valence-electron chi connectivity index (χ2n) is 10.2. The number of amides is 4. The van der Waals surface area contributed by atoms with Crippen molar-refractivity contribution in [1.82, 2.24) is 21.3 Å². The van der Waals surface area contributed by atoms with E-state index in [0.29, 0.717) is 123 Å². The monoisotopic (exact) mass is 701 g/mol. The van der Waals surface area contributed by atoms with E-state index in [4.69, 9.17) is 37.9 Å². The Kier molecular flexibility index (Phi) is 27.5. The van der Waals surface area contributed by atoms with E-state index < -0.39 is 23.9 Å². The quantitative estimate of drug-likeness (QED) is 0.0443. The molecule has 0 saturated heterocycles. The van der Waals surface area contributed by atoms with Crippen molar-refractivity contribution >= 4 is 29.8 Å². The van der Waals surface area contributed by atoms with E-state index >= 15 is 0 Å². The summed E-state index contributed by atoms with van der Waals surface area (Å²) in [7, 11) is 3.31. The highest BCUT2D eigenvalue weighted by molar-refractivity contribution is 5.95. The summed E-state index contributed by atoms with van der Waals surface area (Å²) >= 11 is 0. The van der Waals surface area contributed by atoms with E-state index in [1.165, 1.54) is 6.92 Å². The predicted octanol–water partition coefficient (Wildman–Crippen LogP) is -0.985. The van der Waals surface area contributed by atoms with Crippen molar-refractivity contribution < 1.29 is 57.1 Å². The number of benzene rings is 1. The van der Waals surface area contributed by atoms with Gasteiger partial charge in [-0.25, -0.2) is 0 Å². The highest BCUT2D eigenvalue weighted by Crippen LogP contribution is 2.16. The number of nitrogens with one attached hydrogen (secondary N) is 5. The molecule has 280 valence electrons. The zero-order valence-electron chi connectivity index (χ0n) is 29.0. The van der Waals surface area contributed by atoms with Gasteiger partial charge in [0, 0.05) is 19.3 Å². The van der Waals surface area contributed by atoms with Gasteiger partial charge in [0.05, 0.1) is 106 Å². The van der Waals surface area contributed by atoms with Crippen LogP contribution in [0.5, 0.6) is 0 Å². The van der Waals surface area contributed by atoms with Crippen molar-refractivity contribution in [3.8, 4) is 0 Å². The van der Waals surface area contributed by atoms with Crippen molar-refractivity contribution in [2.45, 2.75) is 19.0 Å². The third kappa shape index (κ3) is 23.7. The normalized spacial score (nSPS) is 12.2. The molecule has 0 aromatic heterocycles. The molecule has 2 atom stereocenters. The van der Waals surface area contributed by atoms with Gasteiger partial charge in [0.25, 0.3) is 0 Å². The van der Waals surface area contributed by atoms with Crippen molar-refractivity contribution in [2.24, 2.45) is 0 Å². The summed E-state index contributed by atoms with van der Waals surface area (Å²) in [4.78, 5) is 47.0. The van der Waals surface area contributed by atoms with Gasteiger partial charge in [0.15, 0.2) is 0 Å². The first-order valence-corrected chi connectivity index (χ1v) is 16.3. The average molecular weight is 702 g/mol. The van der Waals surface area contributed by atoms with Crippen molar-refractivity contribution in [2.75, 3.05) is 132 Å². The molecule has 0 bridgehead atoms. The van der Waals surface area contributed by atoms with Gasteiger partial charge in [-0.15, -0.1) is 0 Å². The van der Waals surface area contributed by atoms with Crippen LogP contribution in [-0.2, 0) is 57.1 Å². The molecule has 0 aliphatic rings. The van der Waals surface area contributed by atoms with Gasteiger partial charge in [-0.3, -0.25) is 19.2 Å². The first-order valence-electron chi connectivity index (χ1n) is 16.3. The van der Waals surface area contributed by atoms with E-state index in [9.17, 15) is 19.2 Å². The minimum absolute atomic E-state index is 0.227. The summed E-state index contributed by atoms with van der Waals surface area (Å²) in [6, 6.07) is 5.40. The topological polar surface area (TPSA) is 202 Å². The van der Waals surface area contributed by atoms with E-state index in [1.54, 1.807) is 38.4 Å². The van der Waals surface area contributed by atoms with Crippen molar-refractivity contribution in [1.29, 1.82) is 0 Å². The number of methoxy groups -OCH3 is 1. The van der Waals surface area contributed by atoms with E-state index in [-0.39, 0.29) is 12.5 Å². The SMILES string of the molecule is CNC(C(=O)NCCOCCOCCOCCOCCOCCOCCOCCOC)c1ccc(NC(=O)CNC(=O)C(C)NC=O)cc1. The number of rotatable bonds is 33. The van der Waals surface area contributed by atoms with Gasteiger partial charge in [0.1, 0.15) is 12.1 Å². The number of carbonyl (C=O) groups excluding carboxylic acids is 4. The van der Waals surface area contributed by atoms with E-state index in [2.05, 4.69) is 26.6 Å². The Morgan fingerprint density at radius 1 is 0.653 bits per heavy atom. The molecule has 1 aromatic rings. The number of likely N-dealkylation sites (N-methyl/N-ethyl adjacent to an activating group) is 1. The smallest absolute Gasteiger partial charge is 0.243 e. The molecule has 0 saturated carbocycles. The second-order valence-corrected chi connectivity index (χ2v) is 10.2. The Morgan fingerprint density at radius 2 is 1.10 bits per heavy atom. The molecule has 0 aliphatic carbocycles. The lowest BCUT2D eigenvalue weighted by Gasteiger charge is -2.17. The fourth-order valence-corrected chi connectivity index (χ4v) is 3.82. The molecule has 0 aliphatic heterocycles. The molecule has 1 rings (SSSR count). The highest BCUT2D eigenvalue weighted by Gasteiger charge is 2.18. The summed E-state index contributed by atoms with van der Waals surface area (Å²) < 4.78 is 42.9. The van der Waals surface area contributed by atoms with Crippen LogP contribution in [0.2, 0.25) is 0 Å². The third-order valence-corrected chi connectivity index (χ3v) is 6.42. The molecule has 17 nitrogen and oxygen atoms in total. The molecule has 0 radical (unpaired) electrons. The summed E-state index contributed by atoms with van der Waals surface area (Å²) in [6.45, 7) is 8.67. The Bertz CT molecular complexity index is 1010. The van der Waals surface area contributed by atoms with Crippen molar-refractivity contribution in [3.05, 3.63) is 29.8 Å². The van der Waals surface area contributed by atoms with Gasteiger partial charge in [-0.1, -0.05) is 12.1 Å². The number of hydrogen-bond donors (Lipinski definition) is 5. The number of carbonyl (C=O) groups is 4. The fourth-order valence-electron chi connectivity index (χ4n) is 3.82. The van der Waals surface area contributed by atoms with Crippen molar-refractivity contribution in [3.63, 3.8) is 0 Å². The minimum Gasteiger partial charge on any atom is -0.382 e. The van der Waals surface area contributed by atoms with Crippen LogP contribution in [0.1, 0.15) is 18.5 Å². The van der Waals surface area contributed by atoms with Gasteiger partial charge >= 0.3 is 0 Å². The molecule has 5 N–H and O–H groups in total. The largest absolute Gasteiger partial charge is 0.382 e. The summed E-state index contributed by atoms with van der Waals surface area (Å²) in [5.41, 5.74) is 1.20. The summed E-state index contributed by atoms with van der Waals surface area (Å²) in [5, 5.41) is 13.2. The van der Waals surface area contributed by atoms with Crippen LogP contribution in [-0.4, -0.2) is 157 Å². The maximum Gasteiger partial charge on any atom is 0.243 e. The molecule has 49 heavy (non-hydrogen) atoms. The van der Waals surface area contributed by atoms with E-state index in [0.717, 1.165) is 0 Å². The Balaban J connectivity index is 1.99. The number of ether oxygens (including phenoxy) is 8.